The van der Waals surface area contributed by atoms with Gasteiger partial charge in [0, 0.05) is 18.7 Å². The van der Waals surface area contributed by atoms with Gasteiger partial charge in [-0.2, -0.15) is 0 Å². The van der Waals surface area contributed by atoms with Gasteiger partial charge >= 0.3 is 5.97 Å². The van der Waals surface area contributed by atoms with Gasteiger partial charge in [0.2, 0.25) is 0 Å². The Labute approximate surface area is 228 Å². The summed E-state index contributed by atoms with van der Waals surface area (Å²) in [6.07, 6.45) is -0.824. The fourth-order valence-electron chi connectivity index (χ4n) is 3.32. The fraction of sp³-hybridized carbons (Fsp3) is 0.200. The molecule has 0 radical (unpaired) electrons. The number of non-ortho nitro benzene ring substituents is 1. The van der Waals surface area contributed by atoms with Crippen molar-refractivity contribution in [2.45, 2.75) is 24.3 Å². The Morgan fingerprint density at radius 2 is 1.79 bits per heavy atom. The number of esters is 1. The molecule has 0 heterocycles. The lowest BCUT2D eigenvalue weighted by molar-refractivity contribution is -0.384. The van der Waals surface area contributed by atoms with Crippen molar-refractivity contribution >= 4 is 44.9 Å². The van der Waals surface area contributed by atoms with E-state index in [1.54, 1.807) is 12.1 Å². The lowest BCUT2D eigenvalue weighted by Gasteiger charge is -2.15. The summed E-state index contributed by atoms with van der Waals surface area (Å²) in [5.41, 5.74) is -0.102. The minimum atomic E-state index is -4.37. The number of hydrogen-bond acceptors (Lipinski definition) is 8. The molecule has 0 spiro atoms. The highest BCUT2D eigenvalue weighted by molar-refractivity contribution is 7.92. The quantitative estimate of drug-likeness (QED) is 0.195. The molecule has 39 heavy (non-hydrogen) atoms. The molecule has 0 fully saturated rings. The zero-order valence-electron chi connectivity index (χ0n) is 20.6. The Hall–Kier alpha value is -4.23. The van der Waals surface area contributed by atoms with Crippen molar-refractivity contribution < 1.29 is 36.8 Å². The third kappa shape index (κ3) is 7.65. The van der Waals surface area contributed by atoms with Gasteiger partial charge in [-0.05, 0) is 55.3 Å². The van der Waals surface area contributed by atoms with E-state index in [0.29, 0.717) is 6.42 Å². The van der Waals surface area contributed by atoms with E-state index in [1.165, 1.54) is 32.2 Å². The summed E-state index contributed by atoms with van der Waals surface area (Å²) in [5, 5.41) is 13.6. The number of sulfonamides is 1. The maximum Gasteiger partial charge on any atom is 0.340 e. The zero-order valence-corrected chi connectivity index (χ0v) is 22.2. The highest BCUT2D eigenvalue weighted by atomic mass is 35.5. The summed E-state index contributed by atoms with van der Waals surface area (Å²) in [7, 11) is -3.11. The topological polar surface area (TPSA) is 154 Å². The number of ether oxygens (including phenoxy) is 2. The highest BCUT2D eigenvalue weighted by Crippen LogP contribution is 2.31. The summed E-state index contributed by atoms with van der Waals surface area (Å²) >= 11 is 6.09. The molecule has 11 nitrogen and oxygen atoms in total. The van der Waals surface area contributed by atoms with Crippen LogP contribution in [0.5, 0.6) is 5.75 Å². The number of hydrogen-bond donors (Lipinski definition) is 2. The van der Waals surface area contributed by atoms with Crippen LogP contribution in [0.25, 0.3) is 0 Å². The number of nitrogens with one attached hydrogen (secondary N) is 2. The van der Waals surface area contributed by atoms with Crippen LogP contribution in [0.3, 0.4) is 0 Å². The number of nitrogens with zero attached hydrogens (tertiary/aromatic N) is 1. The SMILES string of the molecule is COc1ccc([N+](=O)[O-])cc1NS(=O)(=O)c1ccc(Cl)c(C(=O)O[C@@H](C)C(=O)NCCc2ccc(F)cc2)c1. The molecule has 0 saturated carbocycles. The van der Waals surface area contributed by atoms with Crippen LogP contribution in [0.2, 0.25) is 5.02 Å². The van der Waals surface area contributed by atoms with E-state index in [2.05, 4.69) is 10.0 Å². The number of rotatable bonds is 11. The minimum absolute atomic E-state index is 0.0250. The number of carbonyl (C=O) groups is 2. The summed E-state index contributed by atoms with van der Waals surface area (Å²) in [4.78, 5) is 35.1. The van der Waals surface area contributed by atoms with Crippen molar-refractivity contribution in [2.24, 2.45) is 0 Å². The average molecular weight is 580 g/mol. The van der Waals surface area contributed by atoms with Gasteiger partial charge in [0.05, 0.1) is 33.2 Å². The number of halogens is 2. The number of methoxy groups -OCH3 is 1. The number of carbonyl (C=O) groups excluding carboxylic acids is 2. The van der Waals surface area contributed by atoms with Crippen LogP contribution in [0.1, 0.15) is 22.8 Å². The van der Waals surface area contributed by atoms with Gasteiger partial charge in [0.1, 0.15) is 11.6 Å². The van der Waals surface area contributed by atoms with Gasteiger partial charge < -0.3 is 14.8 Å². The molecule has 2 N–H and O–H groups in total. The van der Waals surface area contributed by atoms with E-state index >= 15 is 0 Å². The van der Waals surface area contributed by atoms with Gasteiger partial charge in [0.15, 0.2) is 6.10 Å². The lowest BCUT2D eigenvalue weighted by Crippen LogP contribution is -2.37. The minimum Gasteiger partial charge on any atom is -0.495 e. The van der Waals surface area contributed by atoms with Crippen LogP contribution < -0.4 is 14.8 Å². The molecule has 0 aliphatic carbocycles. The molecule has 0 unspecified atom stereocenters. The number of nitro benzene ring substituents is 1. The molecular formula is C25H23ClFN3O8S. The van der Waals surface area contributed by atoms with Crippen molar-refractivity contribution in [3.8, 4) is 5.75 Å². The molecule has 0 aliphatic heterocycles. The summed E-state index contributed by atoms with van der Waals surface area (Å²) in [6.45, 7) is 1.53. The first-order chi connectivity index (χ1) is 18.4. The molecule has 14 heteroatoms. The maximum absolute atomic E-state index is 13.0. The Morgan fingerprint density at radius 3 is 2.44 bits per heavy atom. The van der Waals surface area contributed by atoms with E-state index in [-0.39, 0.29) is 40.1 Å². The van der Waals surface area contributed by atoms with Gasteiger partial charge in [0.25, 0.3) is 21.6 Å². The third-order valence-electron chi connectivity index (χ3n) is 5.39. The van der Waals surface area contributed by atoms with Crippen LogP contribution in [0, 0.1) is 15.9 Å². The van der Waals surface area contributed by atoms with Crippen molar-refractivity contribution in [1.29, 1.82) is 0 Å². The molecule has 0 bridgehead atoms. The van der Waals surface area contributed by atoms with E-state index in [4.69, 9.17) is 21.1 Å². The number of anilines is 1. The largest absolute Gasteiger partial charge is 0.495 e. The Morgan fingerprint density at radius 1 is 1.10 bits per heavy atom. The van der Waals surface area contributed by atoms with E-state index < -0.39 is 37.8 Å². The van der Waals surface area contributed by atoms with Gasteiger partial charge in [-0.15, -0.1) is 0 Å². The predicted molar refractivity (Wildman–Crippen MR) is 140 cm³/mol. The Balaban J connectivity index is 1.70. The normalized spacial score (nSPS) is 11.8. The molecule has 3 aromatic rings. The van der Waals surface area contributed by atoms with Crippen LogP contribution in [0.4, 0.5) is 15.8 Å². The van der Waals surface area contributed by atoms with Crippen LogP contribution in [-0.2, 0) is 26.0 Å². The van der Waals surface area contributed by atoms with Crippen molar-refractivity contribution in [3.63, 3.8) is 0 Å². The average Bonchev–Trinajstić information content (AvgIpc) is 2.89. The molecule has 0 aliphatic rings. The molecule has 0 aromatic heterocycles. The summed E-state index contributed by atoms with van der Waals surface area (Å²) < 4.78 is 51.4. The first kappa shape index (κ1) is 29.3. The summed E-state index contributed by atoms with van der Waals surface area (Å²) in [6, 6.07) is 12.4. The van der Waals surface area contributed by atoms with Crippen LogP contribution in [-0.4, -0.2) is 45.0 Å². The van der Waals surface area contributed by atoms with Crippen molar-refractivity contribution in [1.82, 2.24) is 5.32 Å². The molecule has 3 aromatic carbocycles. The van der Waals surface area contributed by atoms with Crippen LogP contribution >= 0.6 is 11.6 Å². The van der Waals surface area contributed by atoms with Gasteiger partial charge in [-0.25, -0.2) is 17.6 Å². The molecule has 0 saturated heterocycles. The molecule has 1 amide bonds. The fourth-order valence-corrected chi connectivity index (χ4v) is 4.61. The Kier molecular flexibility index (Phi) is 9.43. The second-order valence-corrected chi connectivity index (χ2v) is 10.2. The number of amides is 1. The molecule has 206 valence electrons. The highest BCUT2D eigenvalue weighted by Gasteiger charge is 2.24. The second-order valence-electron chi connectivity index (χ2n) is 8.10. The van der Waals surface area contributed by atoms with Gasteiger partial charge in [-0.3, -0.25) is 19.6 Å². The van der Waals surface area contributed by atoms with Crippen molar-refractivity contribution in [3.05, 3.63) is 92.7 Å². The van der Waals surface area contributed by atoms with Gasteiger partial charge in [-0.1, -0.05) is 23.7 Å². The first-order valence-electron chi connectivity index (χ1n) is 11.3. The third-order valence-corrected chi connectivity index (χ3v) is 7.08. The van der Waals surface area contributed by atoms with E-state index in [0.717, 1.165) is 35.9 Å². The van der Waals surface area contributed by atoms with Crippen LogP contribution in [0.15, 0.2) is 65.6 Å². The number of benzene rings is 3. The molecular weight excluding hydrogens is 557 g/mol. The van der Waals surface area contributed by atoms with E-state index in [9.17, 15) is 32.5 Å². The standard InChI is InChI=1S/C25H23ClFN3O8S/c1-15(24(31)28-12-11-16-3-5-17(27)6-4-16)38-25(32)20-14-19(8-9-21(20)26)39(35,36)29-22-13-18(30(33)34)7-10-23(22)37-2/h3-10,13-15,29H,11-12H2,1-2H3,(H,28,31)/t15-/m0/s1. The smallest absolute Gasteiger partial charge is 0.340 e. The number of nitro groups is 1. The second kappa shape index (κ2) is 12.5. The maximum atomic E-state index is 13.0. The summed E-state index contributed by atoms with van der Waals surface area (Å²) in [5.74, 6) is -2.01. The molecule has 1 atom stereocenters. The molecule has 3 rings (SSSR count). The monoisotopic (exact) mass is 579 g/mol. The van der Waals surface area contributed by atoms with Crippen molar-refractivity contribution in [2.75, 3.05) is 18.4 Å². The predicted octanol–water partition coefficient (Wildman–Crippen LogP) is 4.10. The van der Waals surface area contributed by atoms with E-state index in [1.807, 2.05) is 0 Å². The Bertz CT molecular complexity index is 1500. The lowest BCUT2D eigenvalue weighted by atomic mass is 10.1. The zero-order chi connectivity index (χ0) is 28.7. The first-order valence-corrected chi connectivity index (χ1v) is 13.2.